The lowest BCUT2D eigenvalue weighted by Crippen LogP contribution is -2.12. The number of hydrogen-bond acceptors (Lipinski definition) is 8. The summed E-state index contributed by atoms with van der Waals surface area (Å²) in [5.41, 5.74) is 1.93. The van der Waals surface area contributed by atoms with Crippen LogP contribution in [0.2, 0.25) is 0 Å². The minimum absolute atomic E-state index is 0.190. The van der Waals surface area contributed by atoms with Crippen molar-refractivity contribution in [2.24, 2.45) is 5.16 Å². The zero-order chi connectivity index (χ0) is 20.2. The summed E-state index contributed by atoms with van der Waals surface area (Å²) in [5.74, 6) is 0.228. The molecule has 3 aromatic heterocycles. The van der Waals surface area contributed by atoms with Gasteiger partial charge in [0, 0.05) is 17.1 Å². The first-order valence-corrected chi connectivity index (χ1v) is 9.14. The molecule has 1 aromatic carbocycles. The minimum atomic E-state index is -0.821. The molecule has 0 bridgehead atoms. The Labute approximate surface area is 172 Å². The van der Waals surface area contributed by atoms with E-state index in [1.807, 2.05) is 12.1 Å². The van der Waals surface area contributed by atoms with Crippen molar-refractivity contribution in [3.8, 4) is 5.75 Å². The molecule has 3 heterocycles. The highest BCUT2D eigenvalue weighted by Gasteiger charge is 2.24. The number of rotatable bonds is 6. The van der Waals surface area contributed by atoms with Gasteiger partial charge in [0.1, 0.15) is 18.7 Å². The second-order valence-corrected chi connectivity index (χ2v) is 6.60. The van der Waals surface area contributed by atoms with Gasteiger partial charge in [0.15, 0.2) is 0 Å². The fourth-order valence-corrected chi connectivity index (χ4v) is 3.18. The molecule has 0 radical (unpaired) electrons. The van der Waals surface area contributed by atoms with Gasteiger partial charge in [0.05, 0.1) is 28.1 Å². The first-order chi connectivity index (χ1) is 14.2. The van der Waals surface area contributed by atoms with Crippen LogP contribution >= 0.6 is 15.9 Å². The first-order valence-electron chi connectivity index (χ1n) is 8.34. The van der Waals surface area contributed by atoms with Gasteiger partial charge in [-0.3, -0.25) is 9.97 Å². The molecule has 29 heavy (non-hydrogen) atoms. The molecule has 8 nitrogen and oxygen atoms in total. The Bertz CT molecular complexity index is 1150. The molecule has 0 aliphatic carbocycles. The highest BCUT2D eigenvalue weighted by molar-refractivity contribution is 9.10. The van der Waals surface area contributed by atoms with Crippen molar-refractivity contribution < 1.29 is 18.4 Å². The Morgan fingerprint density at radius 3 is 2.83 bits per heavy atom. The van der Waals surface area contributed by atoms with Gasteiger partial charge in [0.2, 0.25) is 12.5 Å². The van der Waals surface area contributed by atoms with Crippen LogP contribution in [0.1, 0.15) is 23.3 Å². The van der Waals surface area contributed by atoms with E-state index in [1.54, 1.807) is 18.5 Å². The molecule has 0 spiro atoms. The molecular weight excluding hydrogens is 445 g/mol. The zero-order valence-electron chi connectivity index (χ0n) is 15.0. The van der Waals surface area contributed by atoms with Crippen LogP contribution in [-0.4, -0.2) is 33.5 Å². The molecule has 0 aliphatic heterocycles. The molecule has 1 atom stereocenters. The topological polar surface area (TPSA) is 95.5 Å². The Hall–Kier alpha value is -3.40. The summed E-state index contributed by atoms with van der Waals surface area (Å²) in [5, 5.41) is 12.2. The number of fused-ring (bicyclic) bond motifs is 1. The van der Waals surface area contributed by atoms with Crippen LogP contribution in [0.25, 0.3) is 10.9 Å². The summed E-state index contributed by atoms with van der Waals surface area (Å²) in [6.07, 6.45) is 4.70. The second kappa shape index (κ2) is 8.31. The summed E-state index contributed by atoms with van der Waals surface area (Å²) in [7, 11) is 1.47. The van der Waals surface area contributed by atoms with Crippen molar-refractivity contribution in [3.05, 3.63) is 76.6 Å². The summed E-state index contributed by atoms with van der Waals surface area (Å²) in [6, 6.07) is 8.25. The van der Waals surface area contributed by atoms with Gasteiger partial charge in [-0.25, -0.2) is 4.39 Å². The number of benzene rings is 1. The van der Waals surface area contributed by atoms with Gasteiger partial charge < -0.3 is 14.0 Å². The summed E-state index contributed by atoms with van der Waals surface area (Å²) in [4.78, 5) is 13.2. The second-order valence-electron chi connectivity index (χ2n) is 5.81. The lowest BCUT2D eigenvalue weighted by atomic mass is 10.1. The number of ether oxygens (including phenoxy) is 1. The predicted octanol–water partition coefficient (Wildman–Crippen LogP) is 4.06. The smallest absolute Gasteiger partial charge is 0.263 e. The van der Waals surface area contributed by atoms with Crippen LogP contribution in [0.15, 0.2) is 63.2 Å². The average Bonchev–Trinajstić information content (AvgIpc) is 3.27. The largest absolute Gasteiger partial charge is 0.473 e. The maximum absolute atomic E-state index is 13.3. The number of pyridine rings is 2. The zero-order valence-corrected chi connectivity index (χ0v) is 16.6. The third-order valence-corrected chi connectivity index (χ3v) is 4.78. The number of hydrogen-bond donors (Lipinski definition) is 0. The van der Waals surface area contributed by atoms with E-state index >= 15 is 0 Å². The molecule has 0 saturated heterocycles. The standard InChI is InChI=1S/C19H13BrFN5O3/c1-27-25-8-11-6-13-14(22-7-11)4-5-16(17(13)20)29-18(19-26-24-10-28-19)15-3-2-12(21)9-23-15/h2-10,18H,1H3/b25-8+. The van der Waals surface area contributed by atoms with Crippen molar-refractivity contribution in [2.45, 2.75) is 6.10 Å². The van der Waals surface area contributed by atoms with Crippen LogP contribution in [0.5, 0.6) is 5.75 Å². The third-order valence-electron chi connectivity index (χ3n) is 3.96. The quantitative estimate of drug-likeness (QED) is 0.318. The molecule has 4 aromatic rings. The highest BCUT2D eigenvalue weighted by atomic mass is 79.9. The van der Waals surface area contributed by atoms with E-state index in [0.717, 1.165) is 22.7 Å². The summed E-state index contributed by atoms with van der Waals surface area (Å²) < 4.78 is 25.4. The van der Waals surface area contributed by atoms with E-state index in [0.29, 0.717) is 15.9 Å². The van der Waals surface area contributed by atoms with Crippen LogP contribution in [0.3, 0.4) is 0 Å². The maximum atomic E-state index is 13.3. The Morgan fingerprint density at radius 1 is 1.21 bits per heavy atom. The number of oxime groups is 1. The summed E-state index contributed by atoms with van der Waals surface area (Å²) >= 11 is 3.57. The molecule has 0 fully saturated rings. The maximum Gasteiger partial charge on any atom is 0.263 e. The summed E-state index contributed by atoms with van der Waals surface area (Å²) in [6.45, 7) is 0. The molecule has 1 unspecified atom stereocenters. The Balaban J connectivity index is 1.74. The van der Waals surface area contributed by atoms with E-state index < -0.39 is 11.9 Å². The monoisotopic (exact) mass is 457 g/mol. The van der Waals surface area contributed by atoms with Crippen molar-refractivity contribution >= 4 is 33.0 Å². The SMILES string of the molecule is CO/N=C/c1cnc2ccc(OC(c3ccc(F)cn3)c3nnco3)c(Br)c2c1. The Morgan fingerprint density at radius 2 is 2.10 bits per heavy atom. The van der Waals surface area contributed by atoms with Gasteiger partial charge in [-0.05, 0) is 46.3 Å². The Kier molecular flexibility index (Phi) is 5.43. The predicted molar refractivity (Wildman–Crippen MR) is 105 cm³/mol. The van der Waals surface area contributed by atoms with Crippen LogP contribution in [0, 0.1) is 5.82 Å². The lowest BCUT2D eigenvalue weighted by Gasteiger charge is -2.17. The van der Waals surface area contributed by atoms with E-state index in [4.69, 9.17) is 14.0 Å². The van der Waals surface area contributed by atoms with Crippen molar-refractivity contribution in [3.63, 3.8) is 0 Å². The van der Waals surface area contributed by atoms with Gasteiger partial charge in [-0.15, -0.1) is 10.2 Å². The van der Waals surface area contributed by atoms with Crippen molar-refractivity contribution in [2.75, 3.05) is 7.11 Å². The van der Waals surface area contributed by atoms with Crippen molar-refractivity contribution in [1.29, 1.82) is 0 Å². The molecule has 0 amide bonds. The van der Waals surface area contributed by atoms with E-state index in [2.05, 4.69) is 41.3 Å². The minimum Gasteiger partial charge on any atom is -0.473 e. The van der Waals surface area contributed by atoms with Gasteiger partial charge in [0.25, 0.3) is 5.89 Å². The molecule has 0 N–H and O–H groups in total. The third kappa shape index (κ3) is 4.06. The highest BCUT2D eigenvalue weighted by Crippen LogP contribution is 2.36. The molecule has 146 valence electrons. The van der Waals surface area contributed by atoms with Crippen LogP contribution in [-0.2, 0) is 4.84 Å². The molecule has 4 rings (SSSR count). The van der Waals surface area contributed by atoms with Crippen molar-refractivity contribution in [1.82, 2.24) is 20.2 Å². The first kappa shape index (κ1) is 18.9. The molecule has 0 aliphatic rings. The van der Waals surface area contributed by atoms with Gasteiger partial charge in [-0.1, -0.05) is 5.16 Å². The fraction of sp³-hybridized carbons (Fsp3) is 0.105. The normalized spacial score (nSPS) is 12.4. The van der Waals surface area contributed by atoms with Crippen LogP contribution < -0.4 is 4.74 Å². The molecular formula is C19H13BrFN5O3. The average molecular weight is 458 g/mol. The molecule has 10 heteroatoms. The lowest BCUT2D eigenvalue weighted by molar-refractivity contribution is 0.202. The number of halogens is 2. The molecule has 0 saturated carbocycles. The van der Waals surface area contributed by atoms with Crippen LogP contribution in [0.4, 0.5) is 4.39 Å². The van der Waals surface area contributed by atoms with Gasteiger partial charge in [-0.2, -0.15) is 0 Å². The van der Waals surface area contributed by atoms with E-state index in [1.165, 1.54) is 25.6 Å². The van der Waals surface area contributed by atoms with Gasteiger partial charge >= 0.3 is 0 Å². The fourth-order valence-electron chi connectivity index (χ4n) is 2.64. The number of aromatic nitrogens is 4. The van der Waals surface area contributed by atoms with E-state index in [9.17, 15) is 4.39 Å². The van der Waals surface area contributed by atoms with E-state index in [-0.39, 0.29) is 5.89 Å². The number of nitrogens with zero attached hydrogens (tertiary/aromatic N) is 5.